The Labute approximate surface area is 187 Å². The number of aromatic nitrogens is 4. The van der Waals surface area contributed by atoms with E-state index in [1.807, 2.05) is 42.8 Å². The second kappa shape index (κ2) is 8.35. The van der Waals surface area contributed by atoms with Gasteiger partial charge in [-0.05, 0) is 57.0 Å². The van der Waals surface area contributed by atoms with Gasteiger partial charge in [-0.15, -0.1) is 6.42 Å². The summed E-state index contributed by atoms with van der Waals surface area (Å²) in [5, 5.41) is 5.57. The molecule has 1 aliphatic rings. The number of rotatable bonds is 5. The fourth-order valence-electron chi connectivity index (χ4n) is 3.94. The number of nitrogens with two attached hydrogens (primary N) is 1. The lowest BCUT2D eigenvalue weighted by molar-refractivity contribution is -0.127. The van der Waals surface area contributed by atoms with E-state index < -0.39 is 5.60 Å². The maximum atomic E-state index is 12.1. The summed E-state index contributed by atoms with van der Waals surface area (Å²) in [6.07, 6.45) is 10.1. The number of benzene rings is 1. The van der Waals surface area contributed by atoms with Crippen LogP contribution in [0.4, 0.5) is 5.82 Å². The van der Waals surface area contributed by atoms with Crippen LogP contribution in [0.2, 0.25) is 0 Å². The van der Waals surface area contributed by atoms with Crippen LogP contribution in [-0.4, -0.2) is 49.2 Å². The van der Waals surface area contributed by atoms with Crippen LogP contribution >= 0.6 is 0 Å². The fourth-order valence-corrected chi connectivity index (χ4v) is 3.94. The zero-order chi connectivity index (χ0) is 22.9. The van der Waals surface area contributed by atoms with E-state index in [0.717, 1.165) is 18.4 Å². The summed E-state index contributed by atoms with van der Waals surface area (Å²) in [4.78, 5) is 22.6. The van der Waals surface area contributed by atoms with Crippen LogP contribution in [0.1, 0.15) is 32.7 Å². The van der Waals surface area contributed by atoms with E-state index in [9.17, 15) is 4.79 Å². The average molecular weight is 431 g/mol. The Hall–Kier alpha value is -3.86. The zero-order valence-electron chi connectivity index (χ0n) is 18.3. The number of nitrogen functional groups attached to an aromatic ring is 1. The smallest absolute Gasteiger partial charge is 0.246 e. The van der Waals surface area contributed by atoms with E-state index in [1.54, 1.807) is 4.90 Å². The summed E-state index contributed by atoms with van der Waals surface area (Å²) in [5.74, 6) is 3.56. The molecular formula is C24H26N6O2. The molecule has 0 bridgehead atoms. The summed E-state index contributed by atoms with van der Waals surface area (Å²) in [6, 6.07) is 7.51. The molecule has 2 N–H and O–H groups in total. The molecule has 0 spiro atoms. The lowest BCUT2D eigenvalue weighted by Gasteiger charge is -2.32. The van der Waals surface area contributed by atoms with Crippen molar-refractivity contribution in [1.82, 2.24) is 24.6 Å². The third kappa shape index (κ3) is 4.02. The quantitative estimate of drug-likeness (QED) is 0.493. The van der Waals surface area contributed by atoms with Gasteiger partial charge in [0, 0.05) is 18.7 Å². The van der Waals surface area contributed by atoms with Crippen molar-refractivity contribution < 1.29 is 9.53 Å². The van der Waals surface area contributed by atoms with Crippen molar-refractivity contribution >= 4 is 22.8 Å². The minimum Gasteiger partial charge on any atom is -0.475 e. The van der Waals surface area contributed by atoms with Crippen molar-refractivity contribution in [3.63, 3.8) is 0 Å². The maximum Gasteiger partial charge on any atom is 0.246 e. The van der Waals surface area contributed by atoms with Gasteiger partial charge in [0.2, 0.25) is 5.91 Å². The topological polar surface area (TPSA) is 99.2 Å². The first-order chi connectivity index (χ1) is 15.3. The minimum absolute atomic E-state index is 0.0164. The third-order valence-corrected chi connectivity index (χ3v) is 5.60. The van der Waals surface area contributed by atoms with Crippen LogP contribution in [0.25, 0.3) is 22.3 Å². The number of likely N-dealkylation sites (tertiary alicyclic amines) is 1. The van der Waals surface area contributed by atoms with Gasteiger partial charge in [0.15, 0.2) is 11.2 Å². The van der Waals surface area contributed by atoms with E-state index in [1.165, 1.54) is 12.4 Å². The van der Waals surface area contributed by atoms with Gasteiger partial charge in [0.1, 0.15) is 23.6 Å². The maximum absolute atomic E-state index is 12.1. The van der Waals surface area contributed by atoms with Crippen molar-refractivity contribution in [3.8, 4) is 29.4 Å². The van der Waals surface area contributed by atoms with Gasteiger partial charge in [0.25, 0.3) is 0 Å². The highest BCUT2D eigenvalue weighted by molar-refractivity contribution is 5.98. The largest absolute Gasteiger partial charge is 0.475 e. The number of terminal acetylenes is 1. The lowest BCUT2D eigenvalue weighted by Crippen LogP contribution is -2.40. The van der Waals surface area contributed by atoms with Gasteiger partial charge in [0.05, 0.1) is 11.4 Å². The minimum atomic E-state index is -0.705. The van der Waals surface area contributed by atoms with Crippen molar-refractivity contribution in [2.45, 2.75) is 38.3 Å². The standard InChI is InChI=1S/C24H26N6O2/c1-5-19(31)29-13-7-8-17(14-29)30-23-20(22(25)26-15-27-23)21(28-30)16-9-11-18(12-10-16)32-24(3,4)6-2/h2,5,9-12,15,17H,1,7-8,13-14H2,3-4H3,(H2,25,26,27)/t17-/m1/s1. The Morgan fingerprint density at radius 2 is 2.09 bits per heavy atom. The van der Waals surface area contributed by atoms with Gasteiger partial charge in [-0.2, -0.15) is 5.10 Å². The molecule has 1 fully saturated rings. The van der Waals surface area contributed by atoms with Gasteiger partial charge in [-0.3, -0.25) is 4.79 Å². The SMILES string of the molecule is C#CC(C)(C)Oc1ccc(-c2nn([C@@H]3CCCN(C(=O)C=C)C3)c3ncnc(N)c23)cc1. The van der Waals surface area contributed by atoms with Gasteiger partial charge < -0.3 is 15.4 Å². The third-order valence-electron chi connectivity index (χ3n) is 5.60. The summed E-state index contributed by atoms with van der Waals surface area (Å²) in [7, 11) is 0. The Balaban J connectivity index is 1.73. The number of piperidine rings is 1. The summed E-state index contributed by atoms with van der Waals surface area (Å²) in [5.41, 5.74) is 7.73. The molecule has 32 heavy (non-hydrogen) atoms. The van der Waals surface area contributed by atoms with E-state index in [4.69, 9.17) is 22.0 Å². The number of carbonyl (C=O) groups excluding carboxylic acids is 1. The summed E-state index contributed by atoms with van der Waals surface area (Å²) >= 11 is 0. The first kappa shape index (κ1) is 21.4. The summed E-state index contributed by atoms with van der Waals surface area (Å²) < 4.78 is 7.71. The number of amides is 1. The Morgan fingerprint density at radius 1 is 1.34 bits per heavy atom. The summed E-state index contributed by atoms with van der Waals surface area (Å²) in [6.45, 7) is 8.51. The van der Waals surface area contributed by atoms with Crippen molar-refractivity contribution in [2.75, 3.05) is 18.8 Å². The number of fused-ring (bicyclic) bond motifs is 1. The van der Waals surface area contributed by atoms with Crippen molar-refractivity contribution in [2.24, 2.45) is 0 Å². The van der Waals surface area contributed by atoms with Crippen LogP contribution in [0.3, 0.4) is 0 Å². The molecule has 2 aromatic heterocycles. The molecule has 0 unspecified atom stereocenters. The predicted molar refractivity (Wildman–Crippen MR) is 124 cm³/mol. The van der Waals surface area contributed by atoms with E-state index in [0.29, 0.717) is 41.4 Å². The molecule has 3 aromatic rings. The number of ether oxygens (including phenoxy) is 1. The van der Waals surface area contributed by atoms with Gasteiger partial charge in [-0.25, -0.2) is 14.6 Å². The highest BCUT2D eigenvalue weighted by Gasteiger charge is 2.28. The van der Waals surface area contributed by atoms with E-state index in [-0.39, 0.29) is 11.9 Å². The lowest BCUT2D eigenvalue weighted by atomic mass is 10.1. The van der Waals surface area contributed by atoms with Gasteiger partial charge in [-0.1, -0.05) is 12.5 Å². The molecule has 3 heterocycles. The number of anilines is 1. The molecule has 0 radical (unpaired) electrons. The van der Waals surface area contributed by atoms with E-state index >= 15 is 0 Å². The predicted octanol–water partition coefficient (Wildman–Crippen LogP) is 3.22. The van der Waals surface area contributed by atoms with E-state index in [2.05, 4.69) is 22.5 Å². The Morgan fingerprint density at radius 3 is 2.78 bits per heavy atom. The van der Waals surface area contributed by atoms with Crippen LogP contribution in [0.15, 0.2) is 43.2 Å². The van der Waals surface area contributed by atoms with Crippen molar-refractivity contribution in [1.29, 1.82) is 0 Å². The zero-order valence-corrected chi connectivity index (χ0v) is 18.3. The molecule has 1 aromatic carbocycles. The highest BCUT2D eigenvalue weighted by atomic mass is 16.5. The molecule has 1 atom stereocenters. The monoisotopic (exact) mass is 430 g/mol. The molecule has 1 saturated heterocycles. The average Bonchev–Trinajstić information content (AvgIpc) is 3.20. The molecule has 1 aliphatic heterocycles. The Kier molecular flexibility index (Phi) is 5.57. The second-order valence-electron chi connectivity index (χ2n) is 8.32. The molecule has 4 rings (SSSR count). The first-order valence-electron chi connectivity index (χ1n) is 10.5. The molecule has 8 heteroatoms. The van der Waals surface area contributed by atoms with Crippen LogP contribution in [0, 0.1) is 12.3 Å². The number of hydrogen-bond acceptors (Lipinski definition) is 6. The first-order valence-corrected chi connectivity index (χ1v) is 10.5. The van der Waals surface area contributed by atoms with Gasteiger partial charge >= 0.3 is 0 Å². The van der Waals surface area contributed by atoms with Crippen LogP contribution in [-0.2, 0) is 4.79 Å². The fraction of sp³-hybridized carbons (Fsp3) is 0.333. The number of hydrogen-bond donors (Lipinski definition) is 1. The van der Waals surface area contributed by atoms with Crippen LogP contribution in [0.5, 0.6) is 5.75 Å². The second-order valence-corrected chi connectivity index (χ2v) is 8.32. The number of carbonyl (C=O) groups is 1. The molecule has 0 aliphatic carbocycles. The Bertz CT molecular complexity index is 1210. The normalized spacial score (nSPS) is 16.5. The molecule has 1 amide bonds. The highest BCUT2D eigenvalue weighted by Crippen LogP contribution is 2.34. The molecule has 0 saturated carbocycles. The molecule has 8 nitrogen and oxygen atoms in total. The van der Waals surface area contributed by atoms with Crippen LogP contribution < -0.4 is 10.5 Å². The van der Waals surface area contributed by atoms with Crippen molar-refractivity contribution in [3.05, 3.63) is 43.2 Å². The molecule has 164 valence electrons. The number of nitrogens with zero attached hydrogens (tertiary/aromatic N) is 5. The molecular weight excluding hydrogens is 404 g/mol.